The number of pyridine rings is 1. The molecule has 0 unspecified atom stereocenters. The number of hydrogen-bond acceptors (Lipinski definition) is 7. The van der Waals surface area contributed by atoms with E-state index < -0.39 is 0 Å². The maximum atomic E-state index is 12.2. The Labute approximate surface area is 172 Å². The molecule has 2 aromatic heterocycles. The summed E-state index contributed by atoms with van der Waals surface area (Å²) in [4.78, 5) is 23.4. The van der Waals surface area contributed by atoms with E-state index in [2.05, 4.69) is 26.3 Å². The van der Waals surface area contributed by atoms with Crippen molar-refractivity contribution < 1.29 is 9.53 Å². The molecule has 4 rings (SSSR count). The molecule has 0 radical (unpaired) electrons. The summed E-state index contributed by atoms with van der Waals surface area (Å²) in [5, 5.41) is 2.93. The number of para-hydroxylation sites is 1. The van der Waals surface area contributed by atoms with Gasteiger partial charge in [-0.15, -0.1) is 11.3 Å². The first-order valence-electron chi connectivity index (χ1n) is 9.35. The van der Waals surface area contributed by atoms with Crippen LogP contribution >= 0.6 is 23.1 Å². The lowest BCUT2D eigenvalue weighted by molar-refractivity contribution is -0.116. The van der Waals surface area contributed by atoms with Crippen LogP contribution in [0.5, 0.6) is 0 Å². The Kier molecular flexibility index (Phi) is 6.41. The van der Waals surface area contributed by atoms with Gasteiger partial charge < -0.3 is 15.0 Å². The summed E-state index contributed by atoms with van der Waals surface area (Å²) in [5.41, 5.74) is 1.78. The molecule has 0 saturated carbocycles. The summed E-state index contributed by atoms with van der Waals surface area (Å²) in [7, 11) is 0. The number of amides is 1. The van der Waals surface area contributed by atoms with Crippen LogP contribution in [-0.4, -0.2) is 47.9 Å². The molecular formula is C20H22N4O2S2. The first-order valence-corrected chi connectivity index (χ1v) is 11.1. The Bertz CT molecular complexity index is 890. The number of rotatable bonds is 7. The highest BCUT2D eigenvalue weighted by molar-refractivity contribution is 8.01. The predicted molar refractivity (Wildman–Crippen MR) is 115 cm³/mol. The molecule has 28 heavy (non-hydrogen) atoms. The minimum atomic E-state index is 0.0193. The average Bonchev–Trinajstić information content (AvgIpc) is 3.15. The predicted octanol–water partition coefficient (Wildman–Crippen LogP) is 4.04. The van der Waals surface area contributed by atoms with Gasteiger partial charge in [-0.2, -0.15) is 0 Å². The first kappa shape index (κ1) is 19.2. The molecular weight excluding hydrogens is 392 g/mol. The van der Waals surface area contributed by atoms with Crippen LogP contribution in [0.1, 0.15) is 12.8 Å². The number of thioether (sulfide) groups is 1. The number of hydrogen-bond donors (Lipinski definition) is 1. The molecule has 0 aliphatic carbocycles. The zero-order valence-electron chi connectivity index (χ0n) is 15.5. The van der Waals surface area contributed by atoms with Crippen LogP contribution < -0.4 is 10.2 Å². The van der Waals surface area contributed by atoms with Crippen LogP contribution in [0.25, 0.3) is 10.2 Å². The van der Waals surface area contributed by atoms with Crippen LogP contribution in [0.4, 0.5) is 11.5 Å². The topological polar surface area (TPSA) is 67.4 Å². The lowest BCUT2D eigenvalue weighted by Gasteiger charge is -2.27. The second-order valence-corrected chi connectivity index (χ2v) is 8.82. The summed E-state index contributed by atoms with van der Waals surface area (Å²) in [6.45, 7) is 3.17. The van der Waals surface area contributed by atoms with E-state index in [1.165, 1.54) is 4.70 Å². The van der Waals surface area contributed by atoms with Gasteiger partial charge in [-0.05, 0) is 30.7 Å². The second-order valence-electron chi connectivity index (χ2n) is 6.45. The van der Waals surface area contributed by atoms with E-state index in [9.17, 15) is 4.79 Å². The molecule has 1 fully saturated rings. The van der Waals surface area contributed by atoms with Gasteiger partial charge in [0.2, 0.25) is 5.91 Å². The molecule has 1 N–H and O–H groups in total. The number of aromatic nitrogens is 2. The van der Waals surface area contributed by atoms with E-state index in [4.69, 9.17) is 4.74 Å². The third kappa shape index (κ3) is 5.01. The van der Waals surface area contributed by atoms with Gasteiger partial charge in [-0.25, -0.2) is 9.97 Å². The number of benzene rings is 1. The molecule has 146 valence electrons. The number of morpholine rings is 1. The van der Waals surface area contributed by atoms with Crippen molar-refractivity contribution in [2.45, 2.75) is 17.2 Å². The number of carbonyl (C=O) groups excluding carboxylic acids is 1. The number of anilines is 2. The van der Waals surface area contributed by atoms with Crippen molar-refractivity contribution in [3.8, 4) is 0 Å². The van der Waals surface area contributed by atoms with Crippen molar-refractivity contribution in [3.63, 3.8) is 0 Å². The van der Waals surface area contributed by atoms with Gasteiger partial charge in [0.05, 0.1) is 35.3 Å². The summed E-state index contributed by atoms with van der Waals surface area (Å²) in [6.07, 6.45) is 3.02. The molecule has 0 spiro atoms. The fraction of sp³-hybridized carbons (Fsp3) is 0.350. The summed E-state index contributed by atoms with van der Waals surface area (Å²) in [5.74, 6) is 1.82. The molecule has 0 bridgehead atoms. The Balaban J connectivity index is 1.20. The Morgan fingerprint density at radius 3 is 2.86 bits per heavy atom. The summed E-state index contributed by atoms with van der Waals surface area (Å²) < 4.78 is 7.62. The Morgan fingerprint density at radius 1 is 1.21 bits per heavy atom. The molecule has 1 aromatic carbocycles. The Morgan fingerprint density at radius 2 is 2.07 bits per heavy atom. The highest BCUT2D eigenvalue weighted by Gasteiger charge is 2.12. The van der Waals surface area contributed by atoms with E-state index in [1.54, 1.807) is 29.3 Å². The highest BCUT2D eigenvalue weighted by Crippen LogP contribution is 2.29. The summed E-state index contributed by atoms with van der Waals surface area (Å²) in [6, 6.07) is 12.0. The van der Waals surface area contributed by atoms with Gasteiger partial charge >= 0.3 is 0 Å². The Hall–Kier alpha value is -2.16. The van der Waals surface area contributed by atoms with E-state index in [-0.39, 0.29) is 5.91 Å². The number of carbonyl (C=O) groups is 1. The van der Waals surface area contributed by atoms with Crippen molar-refractivity contribution in [1.82, 2.24) is 9.97 Å². The number of thiazole rings is 1. The SMILES string of the molecule is O=C(CCCSc1nc2ccccc2s1)Nc1ccc(N2CCOCC2)nc1. The lowest BCUT2D eigenvalue weighted by atomic mass is 10.3. The third-order valence-electron chi connectivity index (χ3n) is 4.41. The van der Waals surface area contributed by atoms with Crippen molar-refractivity contribution in [3.05, 3.63) is 42.6 Å². The van der Waals surface area contributed by atoms with Gasteiger partial charge in [0, 0.05) is 25.3 Å². The maximum Gasteiger partial charge on any atom is 0.224 e. The molecule has 8 heteroatoms. The minimum Gasteiger partial charge on any atom is -0.378 e. The van der Waals surface area contributed by atoms with Crippen molar-refractivity contribution in [2.75, 3.05) is 42.3 Å². The molecule has 1 amide bonds. The molecule has 1 aliphatic heterocycles. The maximum absolute atomic E-state index is 12.2. The number of nitrogens with one attached hydrogen (secondary N) is 1. The van der Waals surface area contributed by atoms with Crippen LogP contribution in [0.3, 0.4) is 0 Å². The smallest absolute Gasteiger partial charge is 0.224 e. The van der Waals surface area contributed by atoms with E-state index in [0.717, 1.165) is 59.8 Å². The minimum absolute atomic E-state index is 0.0193. The zero-order valence-corrected chi connectivity index (χ0v) is 17.1. The number of nitrogens with zero attached hydrogens (tertiary/aromatic N) is 3. The fourth-order valence-corrected chi connectivity index (χ4v) is 5.05. The molecule has 3 aromatic rings. The van der Waals surface area contributed by atoms with E-state index in [1.807, 2.05) is 30.3 Å². The quantitative estimate of drug-likeness (QED) is 0.465. The highest BCUT2D eigenvalue weighted by atomic mass is 32.2. The molecule has 6 nitrogen and oxygen atoms in total. The number of fused-ring (bicyclic) bond motifs is 1. The first-order chi connectivity index (χ1) is 13.8. The molecule has 1 saturated heterocycles. The van der Waals surface area contributed by atoms with Gasteiger partial charge in [0.15, 0.2) is 4.34 Å². The molecule has 1 aliphatic rings. The zero-order chi connectivity index (χ0) is 19.2. The average molecular weight is 415 g/mol. The van der Waals surface area contributed by atoms with Gasteiger partial charge in [-0.3, -0.25) is 4.79 Å². The van der Waals surface area contributed by atoms with Gasteiger partial charge in [-0.1, -0.05) is 23.9 Å². The van der Waals surface area contributed by atoms with Gasteiger partial charge in [0.25, 0.3) is 0 Å². The van der Waals surface area contributed by atoms with Gasteiger partial charge in [0.1, 0.15) is 5.82 Å². The monoisotopic (exact) mass is 414 g/mol. The van der Waals surface area contributed by atoms with Crippen LogP contribution in [0, 0.1) is 0 Å². The normalized spacial score (nSPS) is 14.4. The number of ether oxygens (including phenoxy) is 1. The second kappa shape index (κ2) is 9.36. The largest absolute Gasteiger partial charge is 0.378 e. The van der Waals surface area contributed by atoms with Crippen molar-refractivity contribution >= 4 is 50.7 Å². The van der Waals surface area contributed by atoms with Crippen LogP contribution in [-0.2, 0) is 9.53 Å². The fourth-order valence-electron chi connectivity index (χ4n) is 2.97. The van der Waals surface area contributed by atoms with E-state index >= 15 is 0 Å². The lowest BCUT2D eigenvalue weighted by Crippen LogP contribution is -2.36. The third-order valence-corrected chi connectivity index (χ3v) is 6.68. The van der Waals surface area contributed by atoms with E-state index in [0.29, 0.717) is 6.42 Å². The standard InChI is InChI=1S/C20H22N4O2S2/c25-19(6-3-13-27-20-23-16-4-1-2-5-17(16)28-20)22-15-7-8-18(21-14-15)24-9-11-26-12-10-24/h1-2,4-5,7-8,14H,3,6,9-13H2,(H,22,25). The molecule has 3 heterocycles. The summed E-state index contributed by atoms with van der Waals surface area (Å²) >= 11 is 3.41. The van der Waals surface area contributed by atoms with Crippen LogP contribution in [0.15, 0.2) is 46.9 Å². The van der Waals surface area contributed by atoms with Crippen molar-refractivity contribution in [2.24, 2.45) is 0 Å². The molecule has 0 atom stereocenters. The van der Waals surface area contributed by atoms with Crippen molar-refractivity contribution in [1.29, 1.82) is 0 Å². The van der Waals surface area contributed by atoms with Crippen LogP contribution in [0.2, 0.25) is 0 Å².